The Balaban J connectivity index is 3.88. The van der Waals surface area contributed by atoms with E-state index in [1.54, 1.807) is 0 Å². The normalized spacial score (nSPS) is 13.2. The number of unbranched alkanes of at least 4 members (excludes halogenated alkanes) is 58. The fourth-order valence-electron chi connectivity index (χ4n) is 12.8. The van der Waals surface area contributed by atoms with Gasteiger partial charge < -0.3 is 27.9 Å². The summed E-state index contributed by atoms with van der Waals surface area (Å²) in [4.78, 5) is 38.2. The second kappa shape index (κ2) is 77.1. The highest BCUT2D eigenvalue weighted by molar-refractivity contribution is 7.45. The summed E-state index contributed by atoms with van der Waals surface area (Å²) in [6.07, 6.45) is 103. The summed E-state index contributed by atoms with van der Waals surface area (Å²) in [6, 6.07) is 0. The second-order valence-corrected chi connectivity index (χ2v) is 31.6. The number of hydrogen-bond acceptors (Lipinski definition) is 8. The lowest BCUT2D eigenvalue weighted by molar-refractivity contribution is -0.870. The third-order valence-corrected chi connectivity index (χ3v) is 20.3. The van der Waals surface area contributed by atoms with Gasteiger partial charge in [0.15, 0.2) is 6.10 Å². The fraction of sp³-hybridized carbons (Fsp3) is 0.884. The van der Waals surface area contributed by atoms with Gasteiger partial charge in [-0.15, -0.1) is 0 Å². The van der Waals surface area contributed by atoms with E-state index < -0.39 is 26.5 Å². The predicted octanol–water partition coefficient (Wildman–Crippen LogP) is 27.7. The molecule has 96 heavy (non-hydrogen) atoms. The molecule has 2 unspecified atom stereocenters. The van der Waals surface area contributed by atoms with Crippen molar-refractivity contribution in [3.8, 4) is 0 Å². The number of esters is 2. The van der Waals surface area contributed by atoms with Crippen LogP contribution < -0.4 is 4.89 Å². The lowest BCUT2D eigenvalue weighted by Crippen LogP contribution is -2.37. The van der Waals surface area contributed by atoms with Gasteiger partial charge in [-0.05, 0) is 77.0 Å². The number of likely N-dealkylation sites (N-methyl/N-ethyl adjacent to an activating group) is 1. The number of ether oxygens (including phenoxy) is 2. The molecule has 10 heteroatoms. The van der Waals surface area contributed by atoms with Crippen LogP contribution in [0.4, 0.5) is 0 Å². The summed E-state index contributed by atoms with van der Waals surface area (Å²) in [6.45, 7) is 4.31. The van der Waals surface area contributed by atoms with Crippen molar-refractivity contribution in [1.82, 2.24) is 0 Å². The molecule has 0 aliphatic carbocycles. The molecule has 0 rings (SSSR count). The number of nitrogens with zero attached hydrogens (tertiary/aromatic N) is 1. The van der Waals surface area contributed by atoms with Crippen LogP contribution in [0.5, 0.6) is 0 Å². The lowest BCUT2D eigenvalue weighted by Gasteiger charge is -2.28. The van der Waals surface area contributed by atoms with Gasteiger partial charge in [-0.3, -0.25) is 14.2 Å². The molecule has 0 saturated heterocycles. The third kappa shape index (κ3) is 80.9. The van der Waals surface area contributed by atoms with E-state index in [-0.39, 0.29) is 32.0 Å². The highest BCUT2D eigenvalue weighted by Crippen LogP contribution is 2.38. The maximum Gasteiger partial charge on any atom is 0.306 e. The van der Waals surface area contributed by atoms with E-state index in [0.29, 0.717) is 17.4 Å². The van der Waals surface area contributed by atoms with Crippen molar-refractivity contribution < 1.29 is 42.1 Å². The van der Waals surface area contributed by atoms with Gasteiger partial charge in [0, 0.05) is 12.8 Å². The molecule has 0 spiro atoms. The Bertz CT molecular complexity index is 1760. The van der Waals surface area contributed by atoms with E-state index in [1.807, 2.05) is 21.1 Å². The molecule has 0 aromatic heterocycles. The standard InChI is InChI=1S/C86H164NO8P/c1-6-8-10-12-14-16-18-20-22-24-26-28-30-32-34-36-38-40-41-42-43-44-45-47-48-50-52-54-56-58-60-62-64-66-68-70-72-74-76-78-85(88)92-82-84(83-94-96(90,91)93-81-80-87(3,4)5)95-86(89)79-77-75-73-71-69-67-65-63-61-59-57-55-53-51-49-46-39-37-35-33-31-29-27-25-23-21-19-17-15-13-11-9-7-2/h19,21,24-27,31,33,84H,6-18,20,22-23,28-30,32,34-83H2,1-5H3/b21-19-,26-24-,27-25-,33-31-. The molecule has 9 nitrogen and oxygen atoms in total. The molecule has 0 N–H and O–H groups in total. The van der Waals surface area contributed by atoms with Crippen LogP contribution in [0, 0.1) is 0 Å². The van der Waals surface area contributed by atoms with E-state index in [2.05, 4.69) is 62.5 Å². The highest BCUT2D eigenvalue weighted by atomic mass is 31.2. The van der Waals surface area contributed by atoms with E-state index >= 15 is 0 Å². The zero-order valence-electron chi connectivity index (χ0n) is 64.9. The molecule has 0 heterocycles. The summed E-state index contributed by atoms with van der Waals surface area (Å²) in [5, 5.41) is 0. The van der Waals surface area contributed by atoms with Crippen LogP contribution in [-0.2, 0) is 32.7 Å². The SMILES string of the molecule is CCCCCCC/C=C\C/C=C\C/C=C\CCCCCCCCCCCCCCCCCCCCC(=O)OC(COC(=O)CCCCCCCCCCCCCCCCCCCCCCCCCCCCC/C=C\CCCCCCCCCC)COP(=O)([O-])OCC[N+](C)(C)C. The Labute approximate surface area is 598 Å². The topological polar surface area (TPSA) is 111 Å². The van der Waals surface area contributed by atoms with Gasteiger partial charge in [-0.25, -0.2) is 0 Å². The Morgan fingerprint density at radius 1 is 0.323 bits per heavy atom. The van der Waals surface area contributed by atoms with Crippen LogP contribution >= 0.6 is 7.82 Å². The molecular formula is C86H164NO8P. The molecule has 0 bridgehead atoms. The average molecular weight is 1370 g/mol. The first-order chi connectivity index (χ1) is 47.0. The number of allylic oxidation sites excluding steroid dienone is 8. The van der Waals surface area contributed by atoms with Crippen molar-refractivity contribution in [2.24, 2.45) is 0 Å². The van der Waals surface area contributed by atoms with Crippen molar-refractivity contribution >= 4 is 19.8 Å². The minimum Gasteiger partial charge on any atom is -0.756 e. The minimum absolute atomic E-state index is 0.0281. The number of carbonyl (C=O) groups is 2. The van der Waals surface area contributed by atoms with Crippen LogP contribution in [0.25, 0.3) is 0 Å². The highest BCUT2D eigenvalue weighted by Gasteiger charge is 2.22. The number of phosphoric acid groups is 1. The average Bonchev–Trinajstić information content (AvgIpc) is 1.48. The molecule has 2 atom stereocenters. The molecule has 0 aromatic carbocycles. The van der Waals surface area contributed by atoms with Crippen LogP contribution in [0.3, 0.4) is 0 Å². The van der Waals surface area contributed by atoms with E-state index in [1.165, 1.54) is 360 Å². The molecule has 0 aliphatic rings. The van der Waals surface area contributed by atoms with Gasteiger partial charge in [0.25, 0.3) is 7.82 Å². The summed E-state index contributed by atoms with van der Waals surface area (Å²) in [5.41, 5.74) is 0. The van der Waals surface area contributed by atoms with Gasteiger partial charge in [0.1, 0.15) is 19.8 Å². The number of carbonyl (C=O) groups excluding carboxylic acids is 2. The van der Waals surface area contributed by atoms with Crippen LogP contribution in [0.2, 0.25) is 0 Å². The molecule has 0 fully saturated rings. The Morgan fingerprint density at radius 3 is 0.844 bits per heavy atom. The number of quaternary nitrogens is 1. The molecule has 566 valence electrons. The van der Waals surface area contributed by atoms with Gasteiger partial charge in [0.05, 0.1) is 27.7 Å². The van der Waals surface area contributed by atoms with Gasteiger partial charge >= 0.3 is 11.9 Å². The summed E-state index contributed by atoms with van der Waals surface area (Å²) < 4.78 is 34.5. The minimum atomic E-state index is -4.64. The number of phosphoric ester groups is 1. The Morgan fingerprint density at radius 2 is 0.562 bits per heavy atom. The quantitative estimate of drug-likeness (QED) is 0.0195. The monoisotopic (exact) mass is 1370 g/mol. The smallest absolute Gasteiger partial charge is 0.306 e. The maximum atomic E-state index is 12.9. The van der Waals surface area contributed by atoms with Crippen molar-refractivity contribution in [2.45, 2.75) is 444 Å². The maximum absolute atomic E-state index is 12.9. The largest absolute Gasteiger partial charge is 0.756 e. The van der Waals surface area contributed by atoms with Crippen molar-refractivity contribution in [3.63, 3.8) is 0 Å². The predicted molar refractivity (Wildman–Crippen MR) is 416 cm³/mol. The van der Waals surface area contributed by atoms with Gasteiger partial charge in [-0.2, -0.15) is 0 Å². The first-order valence-electron chi connectivity index (χ1n) is 42.3. The van der Waals surface area contributed by atoms with Gasteiger partial charge in [-0.1, -0.05) is 396 Å². The lowest BCUT2D eigenvalue weighted by atomic mass is 10.0. The first kappa shape index (κ1) is 94.0. The first-order valence-corrected chi connectivity index (χ1v) is 43.8. The molecule has 0 saturated carbocycles. The molecule has 0 amide bonds. The summed E-state index contributed by atoms with van der Waals surface area (Å²) >= 11 is 0. The van der Waals surface area contributed by atoms with Crippen molar-refractivity contribution in [1.29, 1.82) is 0 Å². The Hall–Kier alpha value is -2.03. The number of hydrogen-bond donors (Lipinski definition) is 0. The molecule has 0 aromatic rings. The van der Waals surface area contributed by atoms with Crippen LogP contribution in [-0.4, -0.2) is 70.0 Å². The van der Waals surface area contributed by atoms with Crippen LogP contribution in [0.15, 0.2) is 48.6 Å². The van der Waals surface area contributed by atoms with Gasteiger partial charge in [0.2, 0.25) is 0 Å². The zero-order valence-corrected chi connectivity index (χ0v) is 65.7. The van der Waals surface area contributed by atoms with Crippen LogP contribution in [0.1, 0.15) is 438 Å². The number of rotatable bonds is 80. The van der Waals surface area contributed by atoms with E-state index in [9.17, 15) is 19.0 Å². The van der Waals surface area contributed by atoms with Crippen molar-refractivity contribution in [2.75, 3.05) is 47.5 Å². The molecule has 0 aliphatic heterocycles. The van der Waals surface area contributed by atoms with Crippen molar-refractivity contribution in [3.05, 3.63) is 48.6 Å². The third-order valence-electron chi connectivity index (χ3n) is 19.3. The van der Waals surface area contributed by atoms with E-state index in [4.69, 9.17) is 18.5 Å². The zero-order chi connectivity index (χ0) is 69.7. The molecule has 0 radical (unpaired) electrons. The van der Waals surface area contributed by atoms with E-state index in [0.717, 1.165) is 44.9 Å². The summed E-state index contributed by atoms with van der Waals surface area (Å²) in [7, 11) is 1.19. The summed E-state index contributed by atoms with van der Waals surface area (Å²) in [5.74, 6) is -0.808. The second-order valence-electron chi connectivity index (χ2n) is 30.2. The fourth-order valence-corrected chi connectivity index (χ4v) is 13.6. The Kier molecular flexibility index (Phi) is 75.5. The molecular weight excluding hydrogens is 1210 g/mol.